The van der Waals surface area contributed by atoms with Gasteiger partial charge in [0, 0.05) is 18.5 Å². The number of amides is 1. The van der Waals surface area contributed by atoms with Crippen molar-refractivity contribution in [3.63, 3.8) is 0 Å². The molecule has 1 heterocycles. The Morgan fingerprint density at radius 2 is 1.23 bits per heavy atom. The molecular formula is C44H45N5O3. The van der Waals surface area contributed by atoms with Crippen LogP contribution >= 0.6 is 0 Å². The van der Waals surface area contributed by atoms with E-state index in [0.29, 0.717) is 18.7 Å². The first-order chi connectivity index (χ1) is 25.2. The van der Waals surface area contributed by atoms with Gasteiger partial charge in [-0.1, -0.05) is 167 Å². The zero-order valence-corrected chi connectivity index (χ0v) is 30.2. The SMILES string of the molecule is CCCCC(=O)N(Cc1ccc(-c2ccccc2-c2nnnn2C(c2ccccc2)(c2ccccc2)c2ccccc2)cc1)C(C)(C(=O)O)C(C)C. The first-order valence-electron chi connectivity index (χ1n) is 17.9. The van der Waals surface area contributed by atoms with E-state index in [4.69, 9.17) is 5.21 Å². The maximum atomic E-state index is 13.5. The van der Waals surface area contributed by atoms with Crippen LogP contribution in [-0.4, -0.2) is 47.6 Å². The molecule has 0 fully saturated rings. The molecule has 5 aromatic carbocycles. The first-order valence-corrected chi connectivity index (χ1v) is 17.9. The average molecular weight is 692 g/mol. The maximum Gasteiger partial charge on any atom is 0.329 e. The largest absolute Gasteiger partial charge is 0.479 e. The Kier molecular flexibility index (Phi) is 10.7. The summed E-state index contributed by atoms with van der Waals surface area (Å²) in [4.78, 5) is 27.7. The molecule has 0 aliphatic rings. The molecule has 1 amide bonds. The summed E-state index contributed by atoms with van der Waals surface area (Å²) in [6, 6.07) is 47.0. The Labute approximate surface area is 305 Å². The van der Waals surface area contributed by atoms with E-state index in [1.54, 1.807) is 11.8 Å². The van der Waals surface area contributed by atoms with Crippen molar-refractivity contribution in [2.45, 2.75) is 64.6 Å². The van der Waals surface area contributed by atoms with Crippen LogP contribution in [0.5, 0.6) is 0 Å². The molecule has 0 radical (unpaired) electrons. The Balaban J connectivity index is 1.45. The van der Waals surface area contributed by atoms with Crippen molar-refractivity contribution in [2.24, 2.45) is 5.92 Å². The zero-order chi connectivity index (χ0) is 36.7. The highest BCUT2D eigenvalue weighted by Crippen LogP contribution is 2.43. The van der Waals surface area contributed by atoms with Crippen LogP contribution in [0.1, 0.15) is 69.2 Å². The van der Waals surface area contributed by atoms with Crippen LogP contribution in [0.25, 0.3) is 22.5 Å². The van der Waals surface area contributed by atoms with Gasteiger partial charge in [-0.25, -0.2) is 9.48 Å². The monoisotopic (exact) mass is 691 g/mol. The number of carbonyl (C=O) groups is 2. The van der Waals surface area contributed by atoms with Gasteiger partial charge in [0.1, 0.15) is 11.1 Å². The topological polar surface area (TPSA) is 101 Å². The third-order valence-corrected chi connectivity index (χ3v) is 10.3. The van der Waals surface area contributed by atoms with Gasteiger partial charge in [0.25, 0.3) is 0 Å². The highest BCUT2D eigenvalue weighted by Gasteiger charge is 2.45. The van der Waals surface area contributed by atoms with Crippen LogP contribution < -0.4 is 0 Å². The molecule has 1 unspecified atom stereocenters. The summed E-state index contributed by atoms with van der Waals surface area (Å²) in [5, 5.41) is 24.0. The van der Waals surface area contributed by atoms with Crippen molar-refractivity contribution in [3.8, 4) is 22.5 Å². The first kappa shape index (κ1) is 35.9. The van der Waals surface area contributed by atoms with E-state index < -0.39 is 17.0 Å². The summed E-state index contributed by atoms with van der Waals surface area (Å²) >= 11 is 0. The molecule has 264 valence electrons. The molecule has 8 nitrogen and oxygen atoms in total. The predicted octanol–water partition coefficient (Wildman–Crippen LogP) is 8.87. The average Bonchev–Trinajstić information content (AvgIpc) is 3.67. The second-order valence-electron chi connectivity index (χ2n) is 13.7. The minimum Gasteiger partial charge on any atom is -0.479 e. The molecule has 1 atom stereocenters. The zero-order valence-electron chi connectivity index (χ0n) is 30.2. The van der Waals surface area contributed by atoms with Crippen molar-refractivity contribution >= 4 is 11.9 Å². The number of hydrogen-bond acceptors (Lipinski definition) is 5. The molecule has 1 aromatic heterocycles. The van der Waals surface area contributed by atoms with Gasteiger partial charge in [0.05, 0.1) is 0 Å². The molecule has 0 aliphatic carbocycles. The molecule has 0 saturated heterocycles. The van der Waals surface area contributed by atoms with Gasteiger partial charge in [-0.05, 0) is 63.1 Å². The van der Waals surface area contributed by atoms with Gasteiger partial charge in [0.2, 0.25) is 5.91 Å². The lowest BCUT2D eigenvalue weighted by Gasteiger charge is -2.41. The third-order valence-electron chi connectivity index (χ3n) is 10.3. The van der Waals surface area contributed by atoms with Crippen molar-refractivity contribution in [1.82, 2.24) is 25.1 Å². The minimum atomic E-state index is -1.35. The quantitative estimate of drug-likeness (QED) is 0.115. The molecule has 8 heteroatoms. The second-order valence-corrected chi connectivity index (χ2v) is 13.7. The normalized spacial score (nSPS) is 12.7. The highest BCUT2D eigenvalue weighted by molar-refractivity contribution is 5.87. The minimum absolute atomic E-state index is 0.152. The molecule has 0 saturated carbocycles. The van der Waals surface area contributed by atoms with E-state index in [2.05, 4.69) is 52.8 Å². The number of aliphatic carboxylic acids is 1. The number of nitrogens with zero attached hydrogens (tertiary/aromatic N) is 5. The molecule has 52 heavy (non-hydrogen) atoms. The van der Waals surface area contributed by atoms with Gasteiger partial charge >= 0.3 is 5.97 Å². The van der Waals surface area contributed by atoms with Crippen molar-refractivity contribution in [3.05, 3.63) is 162 Å². The molecule has 6 rings (SSSR count). The fourth-order valence-corrected chi connectivity index (χ4v) is 7.04. The number of rotatable bonds is 14. The van der Waals surface area contributed by atoms with Crippen molar-refractivity contribution < 1.29 is 14.7 Å². The van der Waals surface area contributed by atoms with E-state index in [9.17, 15) is 14.7 Å². The van der Waals surface area contributed by atoms with Crippen LogP contribution in [0.2, 0.25) is 0 Å². The number of benzene rings is 5. The summed E-state index contributed by atoms with van der Waals surface area (Å²) in [7, 11) is 0. The van der Waals surface area contributed by atoms with Crippen LogP contribution in [0.4, 0.5) is 0 Å². The lowest BCUT2D eigenvalue weighted by molar-refractivity contribution is -0.162. The van der Waals surface area contributed by atoms with Gasteiger partial charge in [0.15, 0.2) is 5.82 Å². The highest BCUT2D eigenvalue weighted by atomic mass is 16.4. The van der Waals surface area contributed by atoms with Gasteiger partial charge in [-0.2, -0.15) is 0 Å². The van der Waals surface area contributed by atoms with E-state index in [1.807, 2.05) is 123 Å². The summed E-state index contributed by atoms with van der Waals surface area (Å²) in [5.41, 5.74) is 4.34. The molecule has 0 aliphatic heterocycles. The van der Waals surface area contributed by atoms with Crippen LogP contribution in [0, 0.1) is 5.92 Å². The van der Waals surface area contributed by atoms with E-state index >= 15 is 0 Å². The number of hydrogen-bond donors (Lipinski definition) is 1. The fourth-order valence-electron chi connectivity index (χ4n) is 7.04. The molecule has 0 bridgehead atoms. The predicted molar refractivity (Wildman–Crippen MR) is 204 cm³/mol. The van der Waals surface area contributed by atoms with Gasteiger partial charge < -0.3 is 10.0 Å². The molecule has 1 N–H and O–H groups in total. The third kappa shape index (κ3) is 6.64. The summed E-state index contributed by atoms with van der Waals surface area (Å²) < 4.78 is 1.93. The number of unbranched alkanes of at least 4 members (excludes halogenated alkanes) is 1. The standard InChI is InChI=1S/C44H45N5O3/c1-5-6-26-40(50)48(43(4,32(2)3)42(51)52)31-33-27-29-34(30-28-33)38-24-16-17-25-39(38)41-45-46-47-49(41)44(35-18-10-7-11-19-35,36-20-12-8-13-21-36)37-22-14-9-15-23-37/h7-25,27-30,32H,5-6,26,31H2,1-4H3,(H,51,52). The smallest absolute Gasteiger partial charge is 0.329 e. The molecule has 6 aromatic rings. The molecule has 0 spiro atoms. The maximum absolute atomic E-state index is 13.5. The van der Waals surface area contributed by atoms with E-state index in [0.717, 1.165) is 45.4 Å². The van der Waals surface area contributed by atoms with E-state index in [1.165, 1.54) is 0 Å². The Morgan fingerprint density at radius 1 is 0.731 bits per heavy atom. The van der Waals surface area contributed by atoms with Gasteiger partial charge in [-0.15, -0.1) is 5.10 Å². The van der Waals surface area contributed by atoms with Crippen LogP contribution in [0.15, 0.2) is 140 Å². The lowest BCUT2D eigenvalue weighted by Crippen LogP contribution is -2.57. The van der Waals surface area contributed by atoms with Crippen LogP contribution in [-0.2, 0) is 21.7 Å². The second kappa shape index (κ2) is 15.6. The fraction of sp³-hybridized carbons (Fsp3) is 0.250. The Bertz CT molecular complexity index is 2000. The summed E-state index contributed by atoms with van der Waals surface area (Å²) in [6.45, 7) is 7.57. The van der Waals surface area contributed by atoms with Crippen molar-refractivity contribution in [2.75, 3.05) is 0 Å². The summed E-state index contributed by atoms with van der Waals surface area (Å²) in [6.07, 6.45) is 1.87. The summed E-state index contributed by atoms with van der Waals surface area (Å²) in [5.74, 6) is -0.853. The van der Waals surface area contributed by atoms with Gasteiger partial charge in [-0.3, -0.25) is 4.79 Å². The lowest BCUT2D eigenvalue weighted by atomic mass is 9.77. The van der Waals surface area contributed by atoms with Crippen LogP contribution in [0.3, 0.4) is 0 Å². The van der Waals surface area contributed by atoms with Crippen molar-refractivity contribution in [1.29, 1.82) is 0 Å². The number of carbonyl (C=O) groups excluding carboxylic acids is 1. The Hall–Kier alpha value is -5.89. The number of aromatic nitrogens is 4. The molecular weight excluding hydrogens is 647 g/mol. The Morgan fingerprint density at radius 3 is 1.71 bits per heavy atom. The number of tetrazole rings is 1. The number of carboxylic acid groups (broad SMARTS) is 1. The van der Waals surface area contributed by atoms with E-state index in [-0.39, 0.29) is 18.4 Å². The number of carboxylic acids is 1.